The zero-order chi connectivity index (χ0) is 13.3. The number of nitrogens with zero attached hydrogens (tertiary/aromatic N) is 2. The molecule has 1 fully saturated rings. The molecule has 1 saturated heterocycles. The summed E-state index contributed by atoms with van der Waals surface area (Å²) in [5, 5.41) is 0.100. The fourth-order valence-corrected chi connectivity index (χ4v) is 2.51. The molecule has 1 unspecified atom stereocenters. The van der Waals surface area contributed by atoms with Crippen molar-refractivity contribution in [2.24, 2.45) is 0 Å². The van der Waals surface area contributed by atoms with Crippen molar-refractivity contribution in [1.29, 1.82) is 0 Å². The number of anilines is 1. The molecule has 1 aromatic heterocycles. The first-order valence-electron chi connectivity index (χ1n) is 5.65. The number of alkyl halides is 1. The molecule has 2 rings (SSSR count). The van der Waals surface area contributed by atoms with Gasteiger partial charge in [0.2, 0.25) is 0 Å². The Labute approximate surface area is 115 Å². The molecule has 2 heterocycles. The van der Waals surface area contributed by atoms with Crippen molar-refractivity contribution in [3.05, 3.63) is 21.7 Å². The number of morpholine rings is 1. The molecule has 0 aromatic carbocycles. The van der Waals surface area contributed by atoms with Crippen LogP contribution in [0.3, 0.4) is 0 Å². The van der Waals surface area contributed by atoms with Gasteiger partial charge in [-0.1, -0.05) is 11.6 Å². The maximum absolute atomic E-state index is 11.5. The minimum atomic E-state index is -0.356. The van der Waals surface area contributed by atoms with Gasteiger partial charge >= 0.3 is 0 Å². The maximum Gasteiger partial charge on any atom is 0.271 e. The monoisotopic (exact) mass is 291 g/mol. The second kappa shape index (κ2) is 5.07. The van der Waals surface area contributed by atoms with Crippen molar-refractivity contribution in [3.8, 4) is 0 Å². The number of rotatable bonds is 2. The third-order valence-corrected chi connectivity index (χ3v) is 3.42. The lowest BCUT2D eigenvalue weighted by atomic mass is 10.1. The van der Waals surface area contributed by atoms with Crippen LogP contribution in [0.2, 0.25) is 5.02 Å². The molecule has 0 spiro atoms. The van der Waals surface area contributed by atoms with Crippen molar-refractivity contribution >= 4 is 29.0 Å². The van der Waals surface area contributed by atoms with Crippen LogP contribution in [-0.2, 0) is 4.74 Å². The highest BCUT2D eigenvalue weighted by atomic mass is 35.5. The van der Waals surface area contributed by atoms with Gasteiger partial charge in [0.15, 0.2) is 5.82 Å². The molecule has 1 aromatic rings. The van der Waals surface area contributed by atoms with E-state index >= 15 is 0 Å². The van der Waals surface area contributed by atoms with Crippen LogP contribution in [-0.4, -0.2) is 40.6 Å². The summed E-state index contributed by atoms with van der Waals surface area (Å²) < 4.78 is 5.81. The van der Waals surface area contributed by atoms with E-state index in [1.54, 1.807) is 0 Å². The summed E-state index contributed by atoms with van der Waals surface area (Å²) in [5.74, 6) is 0.868. The minimum absolute atomic E-state index is 0.100. The van der Waals surface area contributed by atoms with Crippen LogP contribution >= 0.6 is 23.2 Å². The normalized spacial score (nSPS) is 23.1. The van der Waals surface area contributed by atoms with Crippen LogP contribution in [0, 0.1) is 0 Å². The first-order valence-corrected chi connectivity index (χ1v) is 6.56. The minimum Gasteiger partial charge on any atom is -0.367 e. The molecule has 5 nitrogen and oxygen atoms in total. The van der Waals surface area contributed by atoms with Crippen LogP contribution in [0.25, 0.3) is 0 Å². The molecule has 7 heteroatoms. The Morgan fingerprint density at radius 3 is 3.06 bits per heavy atom. The van der Waals surface area contributed by atoms with Gasteiger partial charge in [0, 0.05) is 13.1 Å². The molecule has 1 N–H and O–H groups in total. The average molecular weight is 292 g/mol. The van der Waals surface area contributed by atoms with Gasteiger partial charge in [0.05, 0.1) is 23.9 Å². The highest BCUT2D eigenvalue weighted by Crippen LogP contribution is 2.27. The van der Waals surface area contributed by atoms with E-state index in [4.69, 9.17) is 27.9 Å². The maximum atomic E-state index is 11.5. The van der Waals surface area contributed by atoms with Gasteiger partial charge < -0.3 is 14.6 Å². The van der Waals surface area contributed by atoms with E-state index in [9.17, 15) is 4.79 Å². The van der Waals surface area contributed by atoms with E-state index in [1.165, 1.54) is 6.33 Å². The van der Waals surface area contributed by atoms with E-state index in [1.807, 2.05) is 18.7 Å². The molecule has 0 amide bonds. The lowest BCUT2D eigenvalue weighted by Gasteiger charge is -2.42. The highest BCUT2D eigenvalue weighted by molar-refractivity contribution is 6.32. The summed E-state index contributed by atoms with van der Waals surface area (Å²) in [6.07, 6.45) is 1.24. The molecular formula is C11H15Cl2N3O2. The van der Waals surface area contributed by atoms with Crippen molar-refractivity contribution in [3.63, 3.8) is 0 Å². The molecule has 0 aliphatic carbocycles. The lowest BCUT2D eigenvalue weighted by Crippen LogP contribution is -2.54. The largest absolute Gasteiger partial charge is 0.367 e. The number of ether oxygens (including phenoxy) is 1. The SMILES string of the molecule is CC1(C)CN(c2nc[nH]c(=O)c2Cl)CC(CCl)O1. The van der Waals surface area contributed by atoms with E-state index in [0.29, 0.717) is 24.8 Å². The summed E-state index contributed by atoms with van der Waals surface area (Å²) in [6.45, 7) is 5.12. The van der Waals surface area contributed by atoms with Crippen molar-refractivity contribution < 1.29 is 4.74 Å². The Morgan fingerprint density at radius 2 is 2.39 bits per heavy atom. The summed E-state index contributed by atoms with van der Waals surface area (Å²) in [6, 6.07) is 0. The number of hydrogen-bond acceptors (Lipinski definition) is 4. The number of halogens is 2. The third-order valence-electron chi connectivity index (χ3n) is 2.73. The average Bonchev–Trinajstić information content (AvgIpc) is 2.30. The molecule has 0 bridgehead atoms. The van der Waals surface area contributed by atoms with Crippen LogP contribution < -0.4 is 10.5 Å². The number of hydrogen-bond donors (Lipinski definition) is 1. The fourth-order valence-electron chi connectivity index (χ4n) is 2.13. The summed E-state index contributed by atoms with van der Waals surface area (Å²) in [5.41, 5.74) is -0.695. The van der Waals surface area contributed by atoms with Gasteiger partial charge in [-0.2, -0.15) is 0 Å². The predicted molar refractivity (Wildman–Crippen MR) is 71.8 cm³/mol. The Hall–Kier alpha value is -0.780. The van der Waals surface area contributed by atoms with Crippen LogP contribution in [0.1, 0.15) is 13.8 Å². The molecule has 18 heavy (non-hydrogen) atoms. The van der Waals surface area contributed by atoms with E-state index in [-0.39, 0.29) is 22.3 Å². The Morgan fingerprint density at radius 1 is 1.67 bits per heavy atom. The van der Waals surface area contributed by atoms with E-state index in [0.717, 1.165) is 0 Å². The number of aromatic nitrogens is 2. The first-order chi connectivity index (χ1) is 8.43. The summed E-state index contributed by atoms with van der Waals surface area (Å²) in [7, 11) is 0. The molecule has 1 aliphatic rings. The lowest BCUT2D eigenvalue weighted by molar-refractivity contribution is -0.0736. The zero-order valence-corrected chi connectivity index (χ0v) is 11.8. The Bertz CT molecular complexity index is 489. The molecule has 100 valence electrons. The second-order valence-electron chi connectivity index (χ2n) is 4.90. The molecule has 0 saturated carbocycles. The zero-order valence-electron chi connectivity index (χ0n) is 10.2. The highest BCUT2D eigenvalue weighted by Gasteiger charge is 2.34. The number of H-pyrrole nitrogens is 1. The Kier molecular flexibility index (Phi) is 3.84. The quantitative estimate of drug-likeness (QED) is 0.842. The Balaban J connectivity index is 2.32. The van der Waals surface area contributed by atoms with Crippen molar-refractivity contribution in [1.82, 2.24) is 9.97 Å². The smallest absolute Gasteiger partial charge is 0.271 e. The predicted octanol–water partition coefficient (Wildman–Crippen LogP) is 1.65. The molecule has 1 atom stereocenters. The van der Waals surface area contributed by atoms with E-state index in [2.05, 4.69) is 9.97 Å². The number of aromatic amines is 1. The first kappa shape index (κ1) is 13.6. The molecule has 1 aliphatic heterocycles. The standard InChI is InChI=1S/C11H15Cl2N3O2/c1-11(2)5-16(4-7(3-12)18-11)9-8(13)10(17)15-6-14-9/h6-7H,3-5H2,1-2H3,(H,14,15,17). The summed E-state index contributed by atoms with van der Waals surface area (Å²) in [4.78, 5) is 20.0. The van der Waals surface area contributed by atoms with E-state index < -0.39 is 0 Å². The van der Waals surface area contributed by atoms with Gasteiger partial charge in [-0.05, 0) is 13.8 Å². The van der Waals surface area contributed by atoms with Crippen LogP contribution in [0.5, 0.6) is 0 Å². The van der Waals surface area contributed by atoms with Crippen LogP contribution in [0.4, 0.5) is 5.82 Å². The number of nitrogens with one attached hydrogen (secondary N) is 1. The summed E-state index contributed by atoms with van der Waals surface area (Å²) >= 11 is 11.8. The fraction of sp³-hybridized carbons (Fsp3) is 0.636. The van der Waals surface area contributed by atoms with Gasteiger partial charge in [-0.25, -0.2) is 4.98 Å². The van der Waals surface area contributed by atoms with Gasteiger partial charge in [-0.3, -0.25) is 4.79 Å². The van der Waals surface area contributed by atoms with Gasteiger partial charge in [-0.15, -0.1) is 11.6 Å². The van der Waals surface area contributed by atoms with Crippen LogP contribution in [0.15, 0.2) is 11.1 Å². The van der Waals surface area contributed by atoms with Gasteiger partial charge in [0.25, 0.3) is 5.56 Å². The topological polar surface area (TPSA) is 58.2 Å². The van der Waals surface area contributed by atoms with Gasteiger partial charge in [0.1, 0.15) is 5.02 Å². The van der Waals surface area contributed by atoms with Crippen molar-refractivity contribution in [2.45, 2.75) is 25.6 Å². The second-order valence-corrected chi connectivity index (χ2v) is 5.59. The molecular weight excluding hydrogens is 277 g/mol. The van der Waals surface area contributed by atoms with Crippen molar-refractivity contribution in [2.75, 3.05) is 23.9 Å². The third kappa shape index (κ3) is 2.79. The molecule has 0 radical (unpaired) electrons.